The fourth-order valence-electron chi connectivity index (χ4n) is 5.68. The maximum absolute atomic E-state index is 12.9. The van der Waals surface area contributed by atoms with Crippen molar-refractivity contribution in [1.29, 1.82) is 0 Å². The summed E-state index contributed by atoms with van der Waals surface area (Å²) in [6.45, 7) is 6.65. The molecule has 186 valence electrons. The van der Waals surface area contributed by atoms with Crippen LogP contribution in [0.25, 0.3) is 11.1 Å². The van der Waals surface area contributed by atoms with Crippen LogP contribution in [0.2, 0.25) is 0 Å². The number of H-pyrrole nitrogens is 1. The van der Waals surface area contributed by atoms with Gasteiger partial charge in [-0.1, -0.05) is 12.1 Å². The second-order valence-electron chi connectivity index (χ2n) is 9.89. The van der Waals surface area contributed by atoms with Crippen LogP contribution in [-0.4, -0.2) is 43.9 Å². The van der Waals surface area contributed by atoms with Gasteiger partial charge in [-0.25, -0.2) is 4.79 Å². The highest BCUT2D eigenvalue weighted by molar-refractivity contribution is 5.66. The normalized spacial score (nSPS) is 21.9. The molecule has 7 nitrogen and oxygen atoms in total. The smallest absolute Gasteiger partial charge is 0.302 e. The van der Waals surface area contributed by atoms with Crippen LogP contribution in [0.3, 0.4) is 0 Å². The lowest BCUT2D eigenvalue weighted by atomic mass is 9.94. The molecule has 3 aromatic rings. The van der Waals surface area contributed by atoms with E-state index in [0.717, 1.165) is 48.6 Å². The Morgan fingerprint density at radius 1 is 1.14 bits per heavy atom. The molecule has 1 saturated carbocycles. The predicted molar refractivity (Wildman–Crippen MR) is 125 cm³/mol. The Morgan fingerprint density at radius 2 is 1.86 bits per heavy atom. The Bertz CT molecular complexity index is 1390. The molecule has 0 radical (unpaired) electrons. The molecule has 0 bridgehead atoms. The molecule has 35 heavy (non-hydrogen) atoms. The standard InChI is InChI=1S/C25H28F3N5O2/c1-15-21(16(2)31(3)30-15)20-13-33(23(35)29-22(20)34)10-4-9-32-12-19-11-24(19,14-32)17-5-7-18(8-6-17)25(26,27)28/h5-8,13,19H,4,9-12,14H2,1-3H3,(H,29,34,35)/t19-,24+/m0/s1. The van der Waals surface area contributed by atoms with Gasteiger partial charge in [0.25, 0.3) is 5.56 Å². The Morgan fingerprint density at radius 3 is 2.49 bits per heavy atom. The maximum Gasteiger partial charge on any atom is 0.416 e. The minimum absolute atomic E-state index is 0.0541. The number of piperidine rings is 1. The first kappa shape index (κ1) is 23.6. The summed E-state index contributed by atoms with van der Waals surface area (Å²) in [4.78, 5) is 29.7. The number of nitrogens with zero attached hydrogens (tertiary/aromatic N) is 4. The molecule has 1 aromatic carbocycles. The molecule has 10 heteroatoms. The number of nitrogens with one attached hydrogen (secondary N) is 1. The van der Waals surface area contributed by atoms with Crippen molar-refractivity contribution in [2.75, 3.05) is 19.6 Å². The van der Waals surface area contributed by atoms with E-state index in [4.69, 9.17) is 0 Å². The van der Waals surface area contributed by atoms with Crippen molar-refractivity contribution in [3.05, 3.63) is 73.8 Å². The summed E-state index contributed by atoms with van der Waals surface area (Å²) in [5.74, 6) is 0.457. The van der Waals surface area contributed by atoms with Gasteiger partial charge >= 0.3 is 11.9 Å². The molecule has 2 aliphatic rings. The Kier molecular flexibility index (Phi) is 5.54. The number of benzene rings is 1. The summed E-state index contributed by atoms with van der Waals surface area (Å²) in [7, 11) is 1.81. The summed E-state index contributed by atoms with van der Waals surface area (Å²) in [6, 6.07) is 5.59. The second kappa shape index (κ2) is 8.22. The number of likely N-dealkylation sites (tertiary alicyclic amines) is 1. The van der Waals surface area contributed by atoms with Crippen LogP contribution in [0.4, 0.5) is 13.2 Å². The Labute approximate surface area is 200 Å². The van der Waals surface area contributed by atoms with E-state index in [1.54, 1.807) is 23.0 Å². The van der Waals surface area contributed by atoms with E-state index in [9.17, 15) is 22.8 Å². The van der Waals surface area contributed by atoms with Crippen LogP contribution >= 0.6 is 0 Å². The number of aromatic nitrogens is 4. The van der Waals surface area contributed by atoms with Gasteiger partial charge in [0.05, 0.1) is 16.8 Å². The van der Waals surface area contributed by atoms with Crippen molar-refractivity contribution < 1.29 is 13.2 Å². The Balaban J connectivity index is 1.25. The van der Waals surface area contributed by atoms with Crippen LogP contribution in [0, 0.1) is 19.8 Å². The summed E-state index contributed by atoms with van der Waals surface area (Å²) < 4.78 is 41.9. The fraction of sp³-hybridized carbons (Fsp3) is 0.480. The molecule has 1 aliphatic carbocycles. The van der Waals surface area contributed by atoms with Crippen molar-refractivity contribution >= 4 is 0 Å². The highest BCUT2D eigenvalue weighted by Gasteiger charge is 2.60. The van der Waals surface area contributed by atoms with Crippen LogP contribution < -0.4 is 11.2 Å². The molecule has 5 rings (SSSR count). The molecule has 1 N–H and O–H groups in total. The molecule has 0 amide bonds. The molecule has 2 aromatic heterocycles. The molecule has 2 atom stereocenters. The molecule has 2 fully saturated rings. The van der Waals surface area contributed by atoms with E-state index in [1.807, 2.05) is 20.9 Å². The number of aryl methyl sites for hydroxylation is 3. The van der Waals surface area contributed by atoms with Gasteiger partial charge in [0.15, 0.2) is 0 Å². The number of hydrogen-bond donors (Lipinski definition) is 1. The van der Waals surface area contributed by atoms with E-state index in [2.05, 4.69) is 15.0 Å². The summed E-state index contributed by atoms with van der Waals surface area (Å²) in [5.41, 5.74) is 2.17. The number of rotatable bonds is 6. The number of alkyl halides is 3. The average molecular weight is 488 g/mol. The van der Waals surface area contributed by atoms with Gasteiger partial charge in [0.1, 0.15) is 0 Å². The van der Waals surface area contributed by atoms with Crippen molar-refractivity contribution in [3.8, 4) is 11.1 Å². The van der Waals surface area contributed by atoms with Crippen molar-refractivity contribution in [2.45, 2.75) is 44.8 Å². The van der Waals surface area contributed by atoms with Crippen molar-refractivity contribution in [3.63, 3.8) is 0 Å². The lowest BCUT2D eigenvalue weighted by molar-refractivity contribution is -0.137. The minimum Gasteiger partial charge on any atom is -0.302 e. The largest absolute Gasteiger partial charge is 0.416 e. The summed E-state index contributed by atoms with van der Waals surface area (Å²) in [6.07, 6.45) is -0.994. The predicted octanol–water partition coefficient (Wildman–Crippen LogP) is 3.24. The third-order valence-corrected chi connectivity index (χ3v) is 7.67. The van der Waals surface area contributed by atoms with E-state index in [1.165, 1.54) is 16.7 Å². The third-order valence-electron chi connectivity index (χ3n) is 7.67. The minimum atomic E-state index is -4.32. The van der Waals surface area contributed by atoms with Crippen LogP contribution in [0.1, 0.15) is 35.4 Å². The lowest BCUT2D eigenvalue weighted by Gasteiger charge is -2.21. The SMILES string of the molecule is Cc1nn(C)c(C)c1-c1cn(CCCN2C[C@@H]3C[C@]3(c3ccc(C(F)(F)F)cc3)C2)c(=O)[nH]c1=O. The van der Waals surface area contributed by atoms with Gasteiger partial charge in [0, 0.05) is 49.6 Å². The van der Waals surface area contributed by atoms with Gasteiger partial charge in [-0.05, 0) is 56.8 Å². The third kappa shape index (κ3) is 4.13. The maximum atomic E-state index is 12.9. The van der Waals surface area contributed by atoms with Crippen LogP contribution in [-0.2, 0) is 25.2 Å². The van der Waals surface area contributed by atoms with E-state index in [-0.39, 0.29) is 5.41 Å². The summed E-state index contributed by atoms with van der Waals surface area (Å²) >= 11 is 0. The highest BCUT2D eigenvalue weighted by atomic mass is 19.4. The van der Waals surface area contributed by atoms with Gasteiger partial charge < -0.3 is 4.90 Å². The summed E-state index contributed by atoms with van der Waals surface area (Å²) in [5, 5.41) is 4.37. The second-order valence-corrected chi connectivity index (χ2v) is 9.89. The van der Waals surface area contributed by atoms with Gasteiger partial charge in [0.2, 0.25) is 0 Å². The zero-order chi connectivity index (χ0) is 25.1. The lowest BCUT2D eigenvalue weighted by Crippen LogP contribution is -2.32. The highest BCUT2D eigenvalue weighted by Crippen LogP contribution is 2.59. The quantitative estimate of drug-likeness (QED) is 0.579. The fourth-order valence-corrected chi connectivity index (χ4v) is 5.68. The first-order chi connectivity index (χ1) is 16.5. The number of hydrogen-bond acceptors (Lipinski definition) is 4. The average Bonchev–Trinajstić information content (AvgIpc) is 3.26. The van der Waals surface area contributed by atoms with E-state index < -0.39 is 23.0 Å². The van der Waals surface area contributed by atoms with Crippen LogP contribution in [0.15, 0.2) is 40.1 Å². The zero-order valence-electron chi connectivity index (χ0n) is 19.9. The first-order valence-corrected chi connectivity index (χ1v) is 11.7. The first-order valence-electron chi connectivity index (χ1n) is 11.7. The molecule has 1 aliphatic heterocycles. The van der Waals surface area contributed by atoms with E-state index in [0.29, 0.717) is 24.4 Å². The number of fused-ring (bicyclic) bond motifs is 1. The zero-order valence-corrected chi connectivity index (χ0v) is 19.9. The Hall–Kier alpha value is -3.14. The van der Waals surface area contributed by atoms with Crippen LogP contribution in [0.5, 0.6) is 0 Å². The topological polar surface area (TPSA) is 75.9 Å². The van der Waals surface area contributed by atoms with Gasteiger partial charge in [-0.2, -0.15) is 18.3 Å². The van der Waals surface area contributed by atoms with Gasteiger partial charge in [-0.3, -0.25) is 19.0 Å². The molecular weight excluding hydrogens is 459 g/mol. The number of aromatic amines is 1. The molecule has 1 saturated heterocycles. The monoisotopic (exact) mass is 487 g/mol. The number of halogens is 3. The van der Waals surface area contributed by atoms with E-state index >= 15 is 0 Å². The van der Waals surface area contributed by atoms with Crippen molar-refractivity contribution in [2.24, 2.45) is 13.0 Å². The molecular formula is C25H28F3N5O2. The molecule has 0 spiro atoms. The molecule has 0 unspecified atom stereocenters. The molecule has 3 heterocycles. The van der Waals surface area contributed by atoms with Crippen molar-refractivity contribution in [1.82, 2.24) is 24.2 Å². The van der Waals surface area contributed by atoms with Gasteiger partial charge in [-0.15, -0.1) is 0 Å².